The van der Waals surface area contributed by atoms with E-state index < -0.39 is 10.0 Å². The van der Waals surface area contributed by atoms with Gasteiger partial charge < -0.3 is 5.32 Å². The Morgan fingerprint density at radius 1 is 1.09 bits per heavy atom. The number of aromatic nitrogens is 3. The van der Waals surface area contributed by atoms with Gasteiger partial charge in [-0.05, 0) is 83.4 Å². The van der Waals surface area contributed by atoms with Crippen LogP contribution in [0.25, 0.3) is 11.0 Å². The van der Waals surface area contributed by atoms with E-state index in [1.807, 2.05) is 24.7 Å². The highest BCUT2D eigenvalue weighted by molar-refractivity contribution is 7.89. The van der Waals surface area contributed by atoms with E-state index in [1.165, 1.54) is 12.1 Å². The number of rotatable bonds is 8. The molecule has 9 heteroatoms. The predicted octanol–water partition coefficient (Wildman–Crippen LogP) is 3.89. The lowest BCUT2D eigenvalue weighted by Gasteiger charge is -2.13. The van der Waals surface area contributed by atoms with Gasteiger partial charge in [-0.15, -0.1) is 0 Å². The molecule has 2 aromatic heterocycles. The van der Waals surface area contributed by atoms with E-state index in [4.69, 9.17) is 4.98 Å². The Kier molecular flexibility index (Phi) is 7.00. The number of hydrogen-bond donors (Lipinski definition) is 2. The van der Waals surface area contributed by atoms with Crippen molar-refractivity contribution in [2.24, 2.45) is 0 Å². The zero-order chi connectivity index (χ0) is 23.6. The SMILES string of the molecule is Cc1nc2c(cnn2C(C)C)c(C)c1CCC(=O)Nc1ccc(S(=O)(=O)NC(C)C)cc1. The highest BCUT2D eigenvalue weighted by Crippen LogP contribution is 2.25. The van der Waals surface area contributed by atoms with E-state index >= 15 is 0 Å². The molecule has 3 aromatic rings. The molecule has 0 bridgehead atoms. The lowest BCUT2D eigenvalue weighted by atomic mass is 10.0. The topological polar surface area (TPSA) is 106 Å². The summed E-state index contributed by atoms with van der Waals surface area (Å²) in [6, 6.07) is 6.18. The van der Waals surface area contributed by atoms with Gasteiger partial charge in [0, 0.05) is 35.3 Å². The predicted molar refractivity (Wildman–Crippen MR) is 126 cm³/mol. The van der Waals surface area contributed by atoms with Crippen LogP contribution in [0.3, 0.4) is 0 Å². The van der Waals surface area contributed by atoms with E-state index in [1.54, 1.807) is 26.0 Å². The van der Waals surface area contributed by atoms with E-state index in [0.717, 1.165) is 27.9 Å². The summed E-state index contributed by atoms with van der Waals surface area (Å²) in [5, 5.41) is 8.30. The molecule has 0 spiro atoms. The number of aryl methyl sites for hydroxylation is 2. The summed E-state index contributed by atoms with van der Waals surface area (Å²) in [7, 11) is -3.56. The van der Waals surface area contributed by atoms with Crippen molar-refractivity contribution in [2.75, 3.05) is 5.32 Å². The fourth-order valence-electron chi connectivity index (χ4n) is 3.70. The summed E-state index contributed by atoms with van der Waals surface area (Å²) in [5.41, 5.74) is 4.47. The number of benzene rings is 1. The van der Waals surface area contributed by atoms with Crippen molar-refractivity contribution in [2.45, 2.75) is 71.4 Å². The van der Waals surface area contributed by atoms with Crippen molar-refractivity contribution >= 4 is 32.7 Å². The number of fused-ring (bicyclic) bond motifs is 1. The first kappa shape index (κ1) is 23.9. The number of nitrogens with zero attached hydrogens (tertiary/aromatic N) is 3. The number of nitrogens with one attached hydrogen (secondary N) is 2. The van der Waals surface area contributed by atoms with Crippen molar-refractivity contribution in [3.8, 4) is 0 Å². The lowest BCUT2D eigenvalue weighted by Crippen LogP contribution is -2.30. The van der Waals surface area contributed by atoms with Crippen molar-refractivity contribution < 1.29 is 13.2 Å². The van der Waals surface area contributed by atoms with Crippen LogP contribution in [0.2, 0.25) is 0 Å². The Morgan fingerprint density at radius 2 is 1.75 bits per heavy atom. The molecule has 0 atom stereocenters. The van der Waals surface area contributed by atoms with Crippen LogP contribution in [0.4, 0.5) is 5.69 Å². The first-order valence-electron chi connectivity index (χ1n) is 10.7. The van der Waals surface area contributed by atoms with Gasteiger partial charge in [-0.1, -0.05) is 0 Å². The van der Waals surface area contributed by atoms with Gasteiger partial charge in [-0.2, -0.15) is 5.10 Å². The molecular weight excluding hydrogens is 426 g/mol. The molecule has 0 saturated heterocycles. The number of amides is 1. The van der Waals surface area contributed by atoms with Gasteiger partial charge in [-0.25, -0.2) is 22.8 Å². The number of anilines is 1. The maximum atomic E-state index is 12.5. The molecule has 3 rings (SSSR count). The Hall–Kier alpha value is -2.78. The van der Waals surface area contributed by atoms with Crippen molar-refractivity contribution in [1.29, 1.82) is 0 Å². The molecular formula is C23H31N5O3S. The smallest absolute Gasteiger partial charge is 0.240 e. The van der Waals surface area contributed by atoms with Gasteiger partial charge in [-0.3, -0.25) is 4.79 Å². The normalized spacial score (nSPS) is 12.1. The summed E-state index contributed by atoms with van der Waals surface area (Å²) in [6.07, 6.45) is 2.69. The average molecular weight is 458 g/mol. The molecule has 0 radical (unpaired) electrons. The molecule has 2 heterocycles. The monoisotopic (exact) mass is 457 g/mol. The van der Waals surface area contributed by atoms with Crippen molar-refractivity contribution in [1.82, 2.24) is 19.5 Å². The molecule has 0 aliphatic heterocycles. The highest BCUT2D eigenvalue weighted by atomic mass is 32.2. The van der Waals surface area contributed by atoms with E-state index in [9.17, 15) is 13.2 Å². The summed E-state index contributed by atoms with van der Waals surface area (Å²) in [4.78, 5) is 17.4. The first-order valence-corrected chi connectivity index (χ1v) is 12.2. The molecule has 0 aliphatic carbocycles. The zero-order valence-electron chi connectivity index (χ0n) is 19.4. The molecule has 0 fully saturated rings. The Bertz CT molecular complexity index is 1230. The number of carbonyl (C=O) groups excluding carboxylic acids is 1. The van der Waals surface area contributed by atoms with Gasteiger partial charge >= 0.3 is 0 Å². The molecule has 0 aliphatic rings. The van der Waals surface area contributed by atoms with Crippen LogP contribution in [0.1, 0.15) is 57.0 Å². The quantitative estimate of drug-likeness (QED) is 0.534. The van der Waals surface area contributed by atoms with Crippen LogP contribution in [0.5, 0.6) is 0 Å². The van der Waals surface area contributed by atoms with Gasteiger partial charge in [0.25, 0.3) is 0 Å². The molecule has 0 unspecified atom stereocenters. The van der Waals surface area contributed by atoms with Crippen molar-refractivity contribution in [3.63, 3.8) is 0 Å². The van der Waals surface area contributed by atoms with Gasteiger partial charge in [0.15, 0.2) is 5.65 Å². The number of pyridine rings is 1. The minimum Gasteiger partial charge on any atom is -0.326 e. The molecule has 1 amide bonds. The zero-order valence-corrected chi connectivity index (χ0v) is 20.2. The van der Waals surface area contributed by atoms with Gasteiger partial charge in [0.2, 0.25) is 15.9 Å². The Labute approximate surface area is 189 Å². The standard InChI is InChI=1S/C23H31N5O3S/c1-14(2)27-32(30,31)19-9-7-18(8-10-19)26-22(29)12-11-20-16(5)21-13-24-28(15(3)4)23(21)25-17(20)6/h7-10,13-15,27H,11-12H2,1-6H3,(H,26,29). The highest BCUT2D eigenvalue weighted by Gasteiger charge is 2.17. The summed E-state index contributed by atoms with van der Waals surface area (Å²) in [5.74, 6) is -0.141. The minimum absolute atomic E-state index is 0.141. The van der Waals surface area contributed by atoms with E-state index in [0.29, 0.717) is 18.5 Å². The van der Waals surface area contributed by atoms with Crippen LogP contribution in [0, 0.1) is 13.8 Å². The van der Waals surface area contributed by atoms with Crippen LogP contribution in [-0.4, -0.2) is 35.1 Å². The fourth-order valence-corrected chi connectivity index (χ4v) is 4.95. The fraction of sp³-hybridized carbons (Fsp3) is 0.435. The Balaban J connectivity index is 1.68. The van der Waals surface area contributed by atoms with Crippen LogP contribution in [-0.2, 0) is 21.2 Å². The molecule has 172 valence electrons. The summed E-state index contributed by atoms with van der Waals surface area (Å²) in [6.45, 7) is 11.7. The maximum Gasteiger partial charge on any atom is 0.240 e. The number of carbonyl (C=O) groups is 1. The van der Waals surface area contributed by atoms with Gasteiger partial charge in [0.1, 0.15) is 0 Å². The number of sulfonamides is 1. The molecule has 0 saturated carbocycles. The third-order valence-electron chi connectivity index (χ3n) is 5.27. The maximum absolute atomic E-state index is 12.5. The summed E-state index contributed by atoms with van der Waals surface area (Å²) < 4.78 is 28.9. The van der Waals surface area contributed by atoms with Gasteiger partial charge in [0.05, 0.1) is 11.1 Å². The molecule has 32 heavy (non-hydrogen) atoms. The van der Waals surface area contributed by atoms with Crippen molar-refractivity contribution in [3.05, 3.63) is 47.3 Å². The first-order chi connectivity index (χ1) is 15.0. The van der Waals surface area contributed by atoms with Crippen LogP contribution in [0.15, 0.2) is 35.4 Å². The second-order valence-corrected chi connectivity index (χ2v) is 10.3. The van der Waals surface area contributed by atoms with E-state index in [2.05, 4.69) is 29.0 Å². The third kappa shape index (κ3) is 5.16. The van der Waals surface area contributed by atoms with Crippen LogP contribution < -0.4 is 10.0 Å². The average Bonchev–Trinajstić information content (AvgIpc) is 3.11. The Morgan fingerprint density at radius 3 is 2.34 bits per heavy atom. The van der Waals surface area contributed by atoms with Crippen LogP contribution >= 0.6 is 0 Å². The third-order valence-corrected chi connectivity index (χ3v) is 6.94. The van der Waals surface area contributed by atoms with E-state index in [-0.39, 0.29) is 22.9 Å². The minimum atomic E-state index is -3.56. The largest absolute Gasteiger partial charge is 0.326 e. The summed E-state index contributed by atoms with van der Waals surface area (Å²) >= 11 is 0. The number of hydrogen-bond acceptors (Lipinski definition) is 5. The molecule has 8 nitrogen and oxygen atoms in total. The second-order valence-electron chi connectivity index (χ2n) is 8.57. The lowest BCUT2D eigenvalue weighted by molar-refractivity contribution is -0.116. The second kappa shape index (κ2) is 9.38. The molecule has 2 N–H and O–H groups in total. The molecule has 1 aromatic carbocycles.